The summed E-state index contributed by atoms with van der Waals surface area (Å²) in [5.74, 6) is -2.04. The number of pyridine rings is 1. The average molecular weight is 455 g/mol. The van der Waals surface area contributed by atoms with E-state index in [4.69, 9.17) is 5.14 Å². The Kier molecular flexibility index (Phi) is 5.19. The van der Waals surface area contributed by atoms with Crippen LogP contribution >= 0.6 is 0 Å². The van der Waals surface area contributed by atoms with Crippen LogP contribution in [0.1, 0.15) is 21.6 Å². The third kappa shape index (κ3) is 3.70. The minimum atomic E-state index is -4.09. The first-order chi connectivity index (χ1) is 15.1. The van der Waals surface area contributed by atoms with E-state index in [1.165, 1.54) is 16.8 Å². The van der Waals surface area contributed by atoms with Crippen molar-refractivity contribution in [3.8, 4) is 11.1 Å². The second-order valence-electron chi connectivity index (χ2n) is 7.35. The molecule has 2 heterocycles. The van der Waals surface area contributed by atoms with Gasteiger partial charge in [-0.25, -0.2) is 22.7 Å². The Hall–Kier alpha value is -3.76. The molecule has 4 rings (SSSR count). The first-order valence-corrected chi connectivity index (χ1v) is 11.0. The minimum absolute atomic E-state index is 0.0648. The third-order valence-corrected chi connectivity index (χ3v) is 6.09. The van der Waals surface area contributed by atoms with Crippen LogP contribution in [-0.2, 0) is 16.6 Å². The van der Waals surface area contributed by atoms with Gasteiger partial charge in [-0.1, -0.05) is 11.6 Å². The van der Waals surface area contributed by atoms with E-state index in [0.29, 0.717) is 10.9 Å². The summed E-state index contributed by atoms with van der Waals surface area (Å²) < 4.78 is 39.4. The van der Waals surface area contributed by atoms with Crippen LogP contribution in [0, 0.1) is 12.7 Å². The number of hydrogen-bond donors (Lipinski definition) is 3. The van der Waals surface area contributed by atoms with Crippen molar-refractivity contribution in [2.45, 2.75) is 18.4 Å². The molecule has 0 unspecified atom stereocenters. The SMILES string of the molecule is Cc1ccc2c(c1)c(-c1ccc[nH]c1=O)c(C(=O)O)n2Cc1cc(S(N)(=O)=O)ccc1F. The molecule has 4 N–H and O–H groups in total. The van der Waals surface area contributed by atoms with Crippen LogP contribution in [0.2, 0.25) is 0 Å². The van der Waals surface area contributed by atoms with E-state index in [0.717, 1.165) is 23.8 Å². The molecular formula is C22H18FN3O5S. The lowest BCUT2D eigenvalue weighted by molar-refractivity contribution is 0.0687. The molecule has 2 aromatic heterocycles. The van der Waals surface area contributed by atoms with Crippen molar-refractivity contribution in [3.63, 3.8) is 0 Å². The lowest BCUT2D eigenvalue weighted by Crippen LogP contribution is -2.15. The van der Waals surface area contributed by atoms with E-state index in [9.17, 15) is 27.5 Å². The van der Waals surface area contributed by atoms with Crippen molar-refractivity contribution in [1.29, 1.82) is 0 Å². The molecule has 2 aromatic carbocycles. The molecule has 164 valence electrons. The fraction of sp³-hybridized carbons (Fsp3) is 0.0909. The number of nitrogens with two attached hydrogens (primary N) is 1. The molecule has 0 saturated heterocycles. The molecule has 4 aromatic rings. The number of rotatable bonds is 5. The largest absolute Gasteiger partial charge is 0.477 e. The first kappa shape index (κ1) is 21.5. The Bertz CT molecular complexity index is 1550. The number of hydrogen-bond acceptors (Lipinski definition) is 4. The van der Waals surface area contributed by atoms with E-state index in [1.54, 1.807) is 24.3 Å². The summed E-state index contributed by atoms with van der Waals surface area (Å²) in [6.07, 6.45) is 1.44. The molecule has 0 saturated carbocycles. The van der Waals surface area contributed by atoms with Crippen LogP contribution in [0.25, 0.3) is 22.0 Å². The van der Waals surface area contributed by atoms with E-state index in [1.807, 2.05) is 6.92 Å². The number of aryl methyl sites for hydroxylation is 1. The Morgan fingerprint density at radius 2 is 1.94 bits per heavy atom. The standard InChI is InChI=1S/C22H18FN3O5S/c1-12-4-7-18-16(9-12)19(15-3-2-8-25-21(15)27)20(22(28)29)26(18)11-13-10-14(32(24,30)31)5-6-17(13)23/h2-10H,11H2,1H3,(H,25,27)(H,28,29)(H2,24,30,31). The number of halogens is 1. The number of carboxylic acids is 1. The van der Waals surface area contributed by atoms with Crippen molar-refractivity contribution in [3.05, 3.63) is 87.7 Å². The zero-order chi connectivity index (χ0) is 23.2. The maximum absolute atomic E-state index is 14.6. The van der Waals surface area contributed by atoms with Gasteiger partial charge in [0.1, 0.15) is 11.5 Å². The highest BCUT2D eigenvalue weighted by Gasteiger charge is 2.26. The number of primary sulfonamides is 1. The summed E-state index contributed by atoms with van der Waals surface area (Å²) in [7, 11) is -4.09. The molecule has 32 heavy (non-hydrogen) atoms. The second-order valence-corrected chi connectivity index (χ2v) is 8.91. The van der Waals surface area contributed by atoms with E-state index >= 15 is 0 Å². The molecule has 0 fully saturated rings. The van der Waals surface area contributed by atoms with Crippen LogP contribution in [0.3, 0.4) is 0 Å². The molecule has 0 spiro atoms. The lowest BCUT2D eigenvalue weighted by atomic mass is 10.0. The number of sulfonamides is 1. The summed E-state index contributed by atoms with van der Waals surface area (Å²) >= 11 is 0. The molecular weight excluding hydrogens is 437 g/mol. The van der Waals surface area contributed by atoms with Crippen LogP contribution in [0.4, 0.5) is 4.39 Å². The van der Waals surface area contributed by atoms with Gasteiger partial charge in [0.25, 0.3) is 5.56 Å². The van der Waals surface area contributed by atoms with E-state index in [-0.39, 0.29) is 33.8 Å². The van der Waals surface area contributed by atoms with Gasteiger partial charge in [-0.05, 0) is 49.4 Å². The van der Waals surface area contributed by atoms with Crippen molar-refractivity contribution in [2.75, 3.05) is 0 Å². The Labute approximate surface area is 181 Å². The van der Waals surface area contributed by atoms with Gasteiger partial charge >= 0.3 is 5.97 Å². The third-order valence-electron chi connectivity index (χ3n) is 5.18. The summed E-state index contributed by atoms with van der Waals surface area (Å²) in [4.78, 5) is 27.1. The second kappa shape index (κ2) is 7.74. The predicted octanol–water partition coefficient (Wildman–Crippen LogP) is 2.84. The van der Waals surface area contributed by atoms with E-state index < -0.39 is 27.4 Å². The maximum atomic E-state index is 14.6. The van der Waals surface area contributed by atoms with Crippen LogP contribution in [0.5, 0.6) is 0 Å². The number of aromatic carboxylic acids is 1. The van der Waals surface area contributed by atoms with Crippen LogP contribution in [0.15, 0.2) is 64.4 Å². The van der Waals surface area contributed by atoms with Crippen molar-refractivity contribution in [2.24, 2.45) is 5.14 Å². The zero-order valence-electron chi connectivity index (χ0n) is 16.8. The number of nitrogens with zero attached hydrogens (tertiary/aromatic N) is 1. The van der Waals surface area contributed by atoms with Gasteiger partial charge in [0, 0.05) is 33.8 Å². The molecule has 0 aliphatic heterocycles. The Morgan fingerprint density at radius 3 is 2.59 bits per heavy atom. The fourth-order valence-electron chi connectivity index (χ4n) is 3.77. The highest BCUT2D eigenvalue weighted by Crippen LogP contribution is 2.35. The number of H-pyrrole nitrogens is 1. The van der Waals surface area contributed by atoms with Gasteiger partial charge in [-0.3, -0.25) is 4.79 Å². The number of carboxylic acid groups (broad SMARTS) is 1. The summed E-state index contributed by atoms with van der Waals surface area (Å²) in [6.45, 7) is 1.53. The Balaban J connectivity index is 2.06. The molecule has 0 amide bonds. The maximum Gasteiger partial charge on any atom is 0.353 e. The van der Waals surface area contributed by atoms with Gasteiger partial charge in [-0.2, -0.15) is 0 Å². The number of nitrogens with one attached hydrogen (secondary N) is 1. The number of fused-ring (bicyclic) bond motifs is 1. The van der Waals surface area contributed by atoms with Gasteiger partial charge in [0.05, 0.1) is 11.4 Å². The van der Waals surface area contributed by atoms with Crippen molar-refractivity contribution in [1.82, 2.24) is 9.55 Å². The van der Waals surface area contributed by atoms with Gasteiger partial charge in [0.15, 0.2) is 0 Å². The summed E-state index contributed by atoms with van der Waals surface area (Å²) in [5.41, 5.74) is 0.874. The smallest absolute Gasteiger partial charge is 0.353 e. The summed E-state index contributed by atoms with van der Waals surface area (Å²) in [5, 5.41) is 15.7. The molecule has 0 atom stereocenters. The quantitative estimate of drug-likeness (QED) is 0.425. The fourth-order valence-corrected chi connectivity index (χ4v) is 4.33. The van der Waals surface area contributed by atoms with Crippen LogP contribution < -0.4 is 10.7 Å². The monoisotopic (exact) mass is 455 g/mol. The molecule has 0 aliphatic rings. The first-order valence-electron chi connectivity index (χ1n) is 9.43. The highest BCUT2D eigenvalue weighted by molar-refractivity contribution is 7.89. The zero-order valence-corrected chi connectivity index (χ0v) is 17.6. The minimum Gasteiger partial charge on any atom is -0.477 e. The van der Waals surface area contributed by atoms with Gasteiger partial charge in [-0.15, -0.1) is 0 Å². The number of aromatic nitrogens is 2. The number of carbonyl (C=O) groups is 1. The average Bonchev–Trinajstić information content (AvgIpc) is 3.02. The topological polar surface area (TPSA) is 135 Å². The number of aromatic amines is 1. The molecule has 8 nitrogen and oxygen atoms in total. The van der Waals surface area contributed by atoms with E-state index in [2.05, 4.69) is 4.98 Å². The van der Waals surface area contributed by atoms with Crippen LogP contribution in [-0.4, -0.2) is 29.0 Å². The molecule has 0 aliphatic carbocycles. The van der Waals surface area contributed by atoms with Crippen molar-refractivity contribution < 1.29 is 22.7 Å². The number of benzene rings is 2. The molecule has 10 heteroatoms. The van der Waals surface area contributed by atoms with Gasteiger partial charge in [0.2, 0.25) is 10.0 Å². The lowest BCUT2D eigenvalue weighted by Gasteiger charge is -2.11. The van der Waals surface area contributed by atoms with Gasteiger partial charge < -0.3 is 14.7 Å². The van der Waals surface area contributed by atoms with Crippen molar-refractivity contribution >= 4 is 26.9 Å². The molecule has 0 radical (unpaired) electrons. The predicted molar refractivity (Wildman–Crippen MR) is 117 cm³/mol. The normalized spacial score (nSPS) is 11.7. The highest BCUT2D eigenvalue weighted by atomic mass is 32.2. The Morgan fingerprint density at radius 1 is 1.19 bits per heavy atom. The summed E-state index contributed by atoms with van der Waals surface area (Å²) in [6, 6.07) is 11.4. The molecule has 0 bridgehead atoms.